The monoisotopic (exact) mass is 329 g/mol. The summed E-state index contributed by atoms with van der Waals surface area (Å²) in [6.07, 6.45) is 2.68. The molecule has 0 aliphatic carbocycles. The van der Waals surface area contributed by atoms with Gasteiger partial charge in [-0.05, 0) is 6.07 Å². The lowest BCUT2D eigenvalue weighted by molar-refractivity contribution is 0.151. The molecule has 1 spiro atoms. The quantitative estimate of drug-likeness (QED) is 0.819. The molecular weight excluding hydrogens is 310 g/mol. The predicted octanol–water partition coefficient (Wildman–Crippen LogP) is 0.827. The van der Waals surface area contributed by atoms with E-state index < -0.39 is 10.2 Å². The van der Waals surface area contributed by atoms with E-state index in [2.05, 4.69) is 4.98 Å². The first-order chi connectivity index (χ1) is 9.91. The fourth-order valence-electron chi connectivity index (χ4n) is 2.68. The van der Waals surface area contributed by atoms with Crippen LogP contribution in [-0.4, -0.2) is 65.8 Å². The van der Waals surface area contributed by atoms with Gasteiger partial charge in [0.25, 0.3) is 10.2 Å². The smallest absolute Gasteiger partial charge is 0.281 e. The van der Waals surface area contributed by atoms with Crippen LogP contribution in [0.5, 0.6) is 5.88 Å². The van der Waals surface area contributed by atoms with Crippen molar-refractivity contribution in [2.75, 3.05) is 32.9 Å². The molecule has 6 nitrogen and oxygen atoms in total. The van der Waals surface area contributed by atoms with E-state index in [0.29, 0.717) is 19.0 Å². The molecule has 0 amide bonds. The van der Waals surface area contributed by atoms with E-state index in [0.717, 1.165) is 12.2 Å². The number of pyridine rings is 1. The fourth-order valence-corrected chi connectivity index (χ4v) is 5.65. The van der Waals surface area contributed by atoms with Gasteiger partial charge in [-0.3, -0.25) is 0 Å². The Morgan fingerprint density at radius 3 is 2.81 bits per heavy atom. The van der Waals surface area contributed by atoms with Crippen molar-refractivity contribution >= 4 is 22.0 Å². The van der Waals surface area contributed by atoms with Crippen molar-refractivity contribution in [3.8, 4) is 5.88 Å². The Morgan fingerprint density at radius 2 is 2.19 bits per heavy atom. The Labute approximate surface area is 129 Å². The molecule has 3 rings (SSSR count). The zero-order chi connectivity index (χ0) is 15.1. The summed E-state index contributed by atoms with van der Waals surface area (Å²) in [4.78, 5) is 4.17. The number of hydrogen-bond donors (Lipinski definition) is 0. The summed E-state index contributed by atoms with van der Waals surface area (Å²) < 4.78 is 32.7. The first-order valence-electron chi connectivity index (χ1n) is 6.81. The van der Waals surface area contributed by atoms with Gasteiger partial charge in [-0.25, -0.2) is 4.98 Å². The van der Waals surface area contributed by atoms with Gasteiger partial charge in [0, 0.05) is 56.4 Å². The van der Waals surface area contributed by atoms with E-state index in [1.807, 2.05) is 30.0 Å². The minimum Gasteiger partial charge on any atom is -0.473 e. The molecule has 1 aromatic heterocycles. The molecule has 1 unspecified atom stereocenters. The fraction of sp³-hybridized carbons (Fsp3) is 0.615. The van der Waals surface area contributed by atoms with Crippen LogP contribution in [0.2, 0.25) is 0 Å². The first kappa shape index (κ1) is 15.1. The van der Waals surface area contributed by atoms with E-state index >= 15 is 0 Å². The second-order valence-electron chi connectivity index (χ2n) is 5.66. The molecule has 0 N–H and O–H groups in total. The molecule has 1 aromatic rings. The molecule has 1 atom stereocenters. The summed E-state index contributed by atoms with van der Waals surface area (Å²) >= 11 is 1.81. The second kappa shape index (κ2) is 5.42. The Balaban J connectivity index is 1.57. The lowest BCUT2D eigenvalue weighted by atomic mass is 9.95. The highest BCUT2D eigenvalue weighted by Gasteiger charge is 2.53. The normalized spacial score (nSPS) is 25.2. The van der Waals surface area contributed by atoms with Gasteiger partial charge in [0.1, 0.15) is 6.10 Å². The van der Waals surface area contributed by atoms with E-state index in [9.17, 15) is 8.42 Å². The zero-order valence-corrected chi connectivity index (χ0v) is 13.7. The Morgan fingerprint density at radius 1 is 1.43 bits per heavy atom. The number of nitrogens with zero attached hydrogens (tertiary/aromatic N) is 3. The van der Waals surface area contributed by atoms with E-state index in [4.69, 9.17) is 4.74 Å². The molecule has 0 radical (unpaired) electrons. The summed E-state index contributed by atoms with van der Waals surface area (Å²) in [5.41, 5.74) is 0. The van der Waals surface area contributed by atoms with Crippen LogP contribution in [0.25, 0.3) is 0 Å². The van der Waals surface area contributed by atoms with Crippen LogP contribution < -0.4 is 4.74 Å². The van der Waals surface area contributed by atoms with Crippen molar-refractivity contribution < 1.29 is 13.2 Å². The molecule has 116 valence electrons. The van der Waals surface area contributed by atoms with Gasteiger partial charge in [0.15, 0.2) is 0 Å². The van der Waals surface area contributed by atoms with Crippen LogP contribution in [0.3, 0.4) is 0 Å². The molecule has 2 saturated heterocycles. The van der Waals surface area contributed by atoms with E-state index in [1.165, 1.54) is 8.61 Å². The number of hydrogen-bond acceptors (Lipinski definition) is 5. The molecule has 0 aromatic carbocycles. The standard InChI is InChI=1S/C13H19N3O3S2/c1-15(2)21(17,18)16-9-13(10-16)7-11(8-20-13)19-12-5-3-4-6-14-12/h3-6,11H,7-10H2,1-2H3. The predicted molar refractivity (Wildman–Crippen MR) is 82.6 cm³/mol. The van der Waals surface area contributed by atoms with Crippen molar-refractivity contribution in [1.82, 2.24) is 13.6 Å². The average Bonchev–Trinajstić information content (AvgIpc) is 2.82. The van der Waals surface area contributed by atoms with Gasteiger partial charge in [-0.2, -0.15) is 17.0 Å². The van der Waals surface area contributed by atoms with Crippen molar-refractivity contribution in [2.24, 2.45) is 0 Å². The summed E-state index contributed by atoms with van der Waals surface area (Å²) in [5.74, 6) is 1.52. The average molecular weight is 329 g/mol. The zero-order valence-electron chi connectivity index (χ0n) is 12.1. The van der Waals surface area contributed by atoms with Crippen LogP contribution in [0.15, 0.2) is 24.4 Å². The Kier molecular flexibility index (Phi) is 3.89. The summed E-state index contributed by atoms with van der Waals surface area (Å²) in [6, 6.07) is 5.60. The highest BCUT2D eigenvalue weighted by Crippen LogP contribution is 2.47. The van der Waals surface area contributed by atoms with Gasteiger partial charge in [-0.1, -0.05) is 6.07 Å². The molecule has 0 bridgehead atoms. The number of rotatable bonds is 4. The third-order valence-corrected chi connectivity index (χ3v) is 7.23. The number of ether oxygens (including phenoxy) is 1. The maximum atomic E-state index is 12.0. The summed E-state index contributed by atoms with van der Waals surface area (Å²) in [6.45, 7) is 1.14. The number of aromatic nitrogens is 1. The van der Waals surface area contributed by atoms with Crippen LogP contribution in [0.1, 0.15) is 6.42 Å². The SMILES string of the molecule is CN(C)S(=O)(=O)N1CC2(CC(Oc3ccccn3)CS2)C1. The molecule has 3 heterocycles. The lowest BCUT2D eigenvalue weighted by Crippen LogP contribution is -2.62. The second-order valence-corrected chi connectivity index (χ2v) is 9.29. The van der Waals surface area contributed by atoms with Crippen LogP contribution in [-0.2, 0) is 10.2 Å². The van der Waals surface area contributed by atoms with Crippen LogP contribution in [0, 0.1) is 0 Å². The highest BCUT2D eigenvalue weighted by molar-refractivity contribution is 8.01. The van der Waals surface area contributed by atoms with Crippen molar-refractivity contribution in [1.29, 1.82) is 0 Å². The molecule has 21 heavy (non-hydrogen) atoms. The highest BCUT2D eigenvalue weighted by atomic mass is 32.2. The molecule has 2 aliphatic rings. The maximum Gasteiger partial charge on any atom is 0.281 e. The summed E-state index contributed by atoms with van der Waals surface area (Å²) in [5, 5.41) is 0. The van der Waals surface area contributed by atoms with Crippen molar-refractivity contribution in [3.63, 3.8) is 0 Å². The van der Waals surface area contributed by atoms with E-state index in [-0.39, 0.29) is 10.9 Å². The third kappa shape index (κ3) is 2.90. The maximum absolute atomic E-state index is 12.0. The Bertz CT molecular complexity index is 600. The molecular formula is C13H19N3O3S2. The van der Waals surface area contributed by atoms with Gasteiger partial charge < -0.3 is 4.74 Å². The molecule has 2 aliphatic heterocycles. The Hall–Kier alpha value is -0.830. The minimum atomic E-state index is -3.28. The molecule has 8 heteroatoms. The summed E-state index contributed by atoms with van der Waals surface area (Å²) in [7, 11) is -0.151. The van der Waals surface area contributed by atoms with E-state index in [1.54, 1.807) is 20.3 Å². The molecule has 2 fully saturated rings. The largest absolute Gasteiger partial charge is 0.473 e. The van der Waals surface area contributed by atoms with Gasteiger partial charge in [-0.15, -0.1) is 11.8 Å². The third-order valence-electron chi connectivity index (χ3n) is 3.82. The van der Waals surface area contributed by atoms with Gasteiger partial charge in [0.2, 0.25) is 5.88 Å². The van der Waals surface area contributed by atoms with Crippen LogP contribution >= 0.6 is 11.8 Å². The topological polar surface area (TPSA) is 62.7 Å². The van der Waals surface area contributed by atoms with Crippen LogP contribution in [0.4, 0.5) is 0 Å². The first-order valence-corrected chi connectivity index (χ1v) is 9.19. The van der Waals surface area contributed by atoms with Crippen molar-refractivity contribution in [2.45, 2.75) is 17.3 Å². The number of thioether (sulfide) groups is 1. The molecule has 0 saturated carbocycles. The van der Waals surface area contributed by atoms with Crippen molar-refractivity contribution in [3.05, 3.63) is 24.4 Å². The lowest BCUT2D eigenvalue weighted by Gasteiger charge is -2.46. The van der Waals surface area contributed by atoms with Gasteiger partial charge >= 0.3 is 0 Å². The minimum absolute atomic E-state index is 0.0164. The van der Waals surface area contributed by atoms with Gasteiger partial charge in [0.05, 0.1) is 0 Å².